The summed E-state index contributed by atoms with van der Waals surface area (Å²) in [6, 6.07) is 0. The smallest absolute Gasteiger partial charge is 0.0918 e. The van der Waals surface area contributed by atoms with E-state index in [2.05, 4.69) is 6.58 Å². The lowest BCUT2D eigenvalue weighted by molar-refractivity contribution is 0.229. The summed E-state index contributed by atoms with van der Waals surface area (Å²) >= 11 is 0. The van der Waals surface area contributed by atoms with Gasteiger partial charge in [-0.3, -0.25) is 0 Å². The summed E-state index contributed by atoms with van der Waals surface area (Å²) < 4.78 is 5.06. The number of hydrogen-bond donors (Lipinski definition) is 2. The van der Waals surface area contributed by atoms with Gasteiger partial charge in [-0.15, -0.1) is 0 Å². The first kappa shape index (κ1) is 9.96. The predicted octanol–water partition coefficient (Wildman–Crippen LogP) is 2.23. The molecule has 72 valence electrons. The first-order valence-corrected chi connectivity index (χ1v) is 4.47. The van der Waals surface area contributed by atoms with Crippen LogP contribution in [0.2, 0.25) is 0 Å². The molecule has 3 nitrogen and oxygen atoms in total. The Labute approximate surface area is 78.8 Å². The van der Waals surface area contributed by atoms with Crippen molar-refractivity contribution < 1.29 is 4.74 Å². The molecule has 13 heavy (non-hydrogen) atoms. The van der Waals surface area contributed by atoms with Crippen LogP contribution in [0.1, 0.15) is 19.3 Å². The second-order valence-corrected chi connectivity index (χ2v) is 3.54. The van der Waals surface area contributed by atoms with Gasteiger partial charge in [-0.2, -0.15) is 0 Å². The Hall–Kier alpha value is -1.12. The van der Waals surface area contributed by atoms with Crippen molar-refractivity contribution in [3.05, 3.63) is 12.3 Å². The Morgan fingerprint density at radius 2 is 2.31 bits per heavy atom. The van der Waals surface area contributed by atoms with Gasteiger partial charge in [0.2, 0.25) is 0 Å². The van der Waals surface area contributed by atoms with E-state index in [4.69, 9.17) is 15.6 Å². The SMILES string of the molecule is C=C(OC)C1CC(=N)CC(C=N)C1. The Morgan fingerprint density at radius 3 is 2.85 bits per heavy atom. The number of nitrogens with one attached hydrogen (secondary N) is 2. The van der Waals surface area contributed by atoms with E-state index in [1.54, 1.807) is 7.11 Å². The summed E-state index contributed by atoms with van der Waals surface area (Å²) in [4.78, 5) is 0. The van der Waals surface area contributed by atoms with Gasteiger partial charge in [0.15, 0.2) is 0 Å². The highest BCUT2D eigenvalue weighted by Crippen LogP contribution is 2.30. The molecule has 0 aromatic rings. The monoisotopic (exact) mass is 180 g/mol. The largest absolute Gasteiger partial charge is 0.501 e. The Balaban J connectivity index is 2.61. The van der Waals surface area contributed by atoms with Crippen LogP contribution in [-0.4, -0.2) is 19.0 Å². The molecule has 1 rings (SSSR count). The van der Waals surface area contributed by atoms with Crippen LogP contribution in [0.5, 0.6) is 0 Å². The molecule has 0 bridgehead atoms. The Morgan fingerprint density at radius 1 is 1.62 bits per heavy atom. The minimum atomic E-state index is 0.207. The van der Waals surface area contributed by atoms with Crippen LogP contribution in [0.25, 0.3) is 0 Å². The number of methoxy groups -OCH3 is 1. The van der Waals surface area contributed by atoms with Crippen LogP contribution in [0.3, 0.4) is 0 Å². The molecule has 2 atom stereocenters. The summed E-state index contributed by atoms with van der Waals surface area (Å²) in [6.45, 7) is 3.81. The van der Waals surface area contributed by atoms with Gasteiger partial charge in [0.1, 0.15) is 0 Å². The van der Waals surface area contributed by atoms with E-state index in [9.17, 15) is 0 Å². The molecule has 3 heteroatoms. The fourth-order valence-electron chi connectivity index (χ4n) is 1.77. The molecule has 2 N–H and O–H groups in total. The van der Waals surface area contributed by atoms with Gasteiger partial charge in [0, 0.05) is 11.6 Å². The minimum absolute atomic E-state index is 0.207. The van der Waals surface area contributed by atoms with Gasteiger partial charge in [-0.1, -0.05) is 6.58 Å². The van der Waals surface area contributed by atoms with E-state index in [-0.39, 0.29) is 11.8 Å². The van der Waals surface area contributed by atoms with E-state index in [1.807, 2.05) is 0 Å². The van der Waals surface area contributed by atoms with Crippen molar-refractivity contribution in [1.29, 1.82) is 10.8 Å². The van der Waals surface area contributed by atoms with E-state index in [0.29, 0.717) is 5.71 Å². The van der Waals surface area contributed by atoms with Crippen LogP contribution in [0, 0.1) is 22.7 Å². The van der Waals surface area contributed by atoms with E-state index in [0.717, 1.165) is 25.0 Å². The normalized spacial score (nSPS) is 28.2. The van der Waals surface area contributed by atoms with Crippen molar-refractivity contribution in [1.82, 2.24) is 0 Å². The topological polar surface area (TPSA) is 56.9 Å². The molecule has 2 unspecified atom stereocenters. The van der Waals surface area contributed by atoms with Gasteiger partial charge in [-0.05, 0) is 31.4 Å². The third-order valence-corrected chi connectivity index (χ3v) is 2.54. The average Bonchev–Trinajstić information content (AvgIpc) is 2.15. The molecule has 0 heterocycles. The third kappa shape index (κ3) is 2.41. The first-order chi connectivity index (χ1) is 6.17. The lowest BCUT2D eigenvalue weighted by Crippen LogP contribution is -2.24. The highest BCUT2D eigenvalue weighted by Gasteiger charge is 2.26. The maximum Gasteiger partial charge on any atom is 0.0918 e. The number of hydrogen-bond acceptors (Lipinski definition) is 3. The quantitative estimate of drug-likeness (QED) is 0.508. The molecule has 0 saturated heterocycles. The summed E-state index contributed by atoms with van der Waals surface area (Å²) in [7, 11) is 1.61. The molecule has 0 aliphatic heterocycles. The van der Waals surface area contributed by atoms with Gasteiger partial charge in [-0.25, -0.2) is 0 Å². The molecular weight excluding hydrogens is 164 g/mol. The Kier molecular flexibility index (Phi) is 3.23. The van der Waals surface area contributed by atoms with Crippen molar-refractivity contribution in [2.24, 2.45) is 11.8 Å². The highest BCUT2D eigenvalue weighted by atomic mass is 16.5. The minimum Gasteiger partial charge on any atom is -0.501 e. The fraction of sp³-hybridized carbons (Fsp3) is 0.600. The average molecular weight is 180 g/mol. The molecule has 0 aromatic carbocycles. The Bertz CT molecular complexity index is 235. The molecule has 0 amide bonds. The van der Waals surface area contributed by atoms with Gasteiger partial charge < -0.3 is 15.6 Å². The van der Waals surface area contributed by atoms with Crippen LogP contribution in [0.4, 0.5) is 0 Å². The molecular formula is C10H16N2O. The number of allylic oxidation sites excluding steroid dienone is 1. The molecule has 1 aliphatic carbocycles. The van der Waals surface area contributed by atoms with E-state index < -0.39 is 0 Å². The molecule has 0 radical (unpaired) electrons. The van der Waals surface area contributed by atoms with Crippen molar-refractivity contribution in [3.63, 3.8) is 0 Å². The summed E-state index contributed by atoms with van der Waals surface area (Å²) in [6.07, 6.45) is 3.82. The summed E-state index contributed by atoms with van der Waals surface area (Å²) in [5.74, 6) is 1.19. The van der Waals surface area contributed by atoms with Crippen molar-refractivity contribution in [2.45, 2.75) is 19.3 Å². The zero-order chi connectivity index (χ0) is 9.84. The molecule has 1 fully saturated rings. The van der Waals surface area contributed by atoms with E-state index in [1.165, 1.54) is 6.21 Å². The summed E-state index contributed by atoms with van der Waals surface area (Å²) in [5, 5.41) is 14.8. The molecule has 0 aromatic heterocycles. The highest BCUT2D eigenvalue weighted by molar-refractivity contribution is 5.85. The maximum atomic E-state index is 7.62. The van der Waals surface area contributed by atoms with Gasteiger partial charge in [0.25, 0.3) is 0 Å². The van der Waals surface area contributed by atoms with Crippen LogP contribution in [-0.2, 0) is 4.74 Å². The lowest BCUT2D eigenvalue weighted by atomic mass is 9.80. The fourth-order valence-corrected chi connectivity index (χ4v) is 1.77. The van der Waals surface area contributed by atoms with Gasteiger partial charge in [0.05, 0.1) is 12.9 Å². The van der Waals surface area contributed by atoms with Crippen molar-refractivity contribution >= 4 is 11.9 Å². The van der Waals surface area contributed by atoms with Crippen LogP contribution in [0.15, 0.2) is 12.3 Å². The zero-order valence-corrected chi connectivity index (χ0v) is 7.97. The predicted molar refractivity (Wildman–Crippen MR) is 53.5 cm³/mol. The molecule has 0 spiro atoms. The lowest BCUT2D eigenvalue weighted by Gasteiger charge is -2.27. The maximum absolute atomic E-state index is 7.62. The first-order valence-electron chi connectivity index (χ1n) is 4.47. The van der Waals surface area contributed by atoms with Crippen LogP contribution >= 0.6 is 0 Å². The van der Waals surface area contributed by atoms with Crippen LogP contribution < -0.4 is 0 Å². The second-order valence-electron chi connectivity index (χ2n) is 3.54. The van der Waals surface area contributed by atoms with E-state index >= 15 is 0 Å². The van der Waals surface area contributed by atoms with Crippen molar-refractivity contribution in [2.75, 3.05) is 7.11 Å². The standard InChI is InChI=1S/C10H16N2O/c1-7(13-2)9-3-8(6-11)4-10(12)5-9/h6,8-9,11-12H,1,3-5H2,2H3. The zero-order valence-electron chi connectivity index (χ0n) is 7.97. The number of ether oxygens (including phenoxy) is 1. The van der Waals surface area contributed by atoms with Crippen molar-refractivity contribution in [3.8, 4) is 0 Å². The number of rotatable bonds is 3. The summed E-state index contributed by atoms with van der Waals surface area (Å²) in [5.41, 5.74) is 0.711. The molecule has 1 aliphatic rings. The molecule has 1 saturated carbocycles. The van der Waals surface area contributed by atoms with Gasteiger partial charge >= 0.3 is 0 Å². The third-order valence-electron chi connectivity index (χ3n) is 2.54. The second kappa shape index (κ2) is 4.21.